The van der Waals surface area contributed by atoms with Crippen molar-refractivity contribution in [2.75, 3.05) is 43.0 Å². The number of hydrogen-bond acceptors (Lipinski definition) is 6. The third kappa shape index (κ3) is 8.72. The SMILES string of the molecule is CC.CC(=O)N(C)c1ccc(F)cc1.Oc1ccc(N2CCN(Sc3cccs3)CC2)cc1. The highest BCUT2D eigenvalue weighted by Crippen LogP contribution is 2.29. The molecule has 1 saturated heterocycles. The Morgan fingerprint density at radius 1 is 1.00 bits per heavy atom. The van der Waals surface area contributed by atoms with Crippen LogP contribution in [-0.4, -0.2) is 48.5 Å². The number of aromatic hydroxyl groups is 1. The first-order valence-electron chi connectivity index (χ1n) is 10.9. The van der Waals surface area contributed by atoms with E-state index in [1.165, 1.54) is 33.9 Å². The van der Waals surface area contributed by atoms with Gasteiger partial charge in [0.05, 0.1) is 4.21 Å². The summed E-state index contributed by atoms with van der Waals surface area (Å²) in [5.74, 6) is -0.0343. The van der Waals surface area contributed by atoms with Gasteiger partial charge >= 0.3 is 0 Å². The first-order chi connectivity index (χ1) is 15.9. The summed E-state index contributed by atoms with van der Waals surface area (Å²) in [6.07, 6.45) is 0. The Hall–Kier alpha value is -2.55. The predicted octanol–water partition coefficient (Wildman–Crippen LogP) is 6.12. The number of anilines is 2. The highest BCUT2D eigenvalue weighted by Gasteiger charge is 2.18. The summed E-state index contributed by atoms with van der Waals surface area (Å²) in [4.78, 5) is 14.7. The lowest BCUT2D eigenvalue weighted by atomic mass is 10.2. The van der Waals surface area contributed by atoms with Gasteiger partial charge in [0.2, 0.25) is 5.91 Å². The topological polar surface area (TPSA) is 47.0 Å². The number of benzene rings is 2. The van der Waals surface area contributed by atoms with Crippen molar-refractivity contribution in [1.29, 1.82) is 0 Å². The molecule has 4 rings (SSSR count). The number of piperazine rings is 1. The largest absolute Gasteiger partial charge is 0.508 e. The van der Waals surface area contributed by atoms with E-state index in [1.54, 1.807) is 42.6 Å². The van der Waals surface area contributed by atoms with Gasteiger partial charge in [-0.25, -0.2) is 8.70 Å². The van der Waals surface area contributed by atoms with Gasteiger partial charge in [0, 0.05) is 51.5 Å². The summed E-state index contributed by atoms with van der Waals surface area (Å²) in [7, 11) is 1.65. The third-order valence-electron chi connectivity index (χ3n) is 4.85. The van der Waals surface area contributed by atoms with Gasteiger partial charge in [-0.05, 0) is 71.9 Å². The molecule has 3 aromatic rings. The van der Waals surface area contributed by atoms with Gasteiger partial charge in [-0.1, -0.05) is 19.9 Å². The monoisotopic (exact) mass is 489 g/mol. The number of carbonyl (C=O) groups is 1. The van der Waals surface area contributed by atoms with Crippen LogP contribution in [-0.2, 0) is 4.79 Å². The van der Waals surface area contributed by atoms with E-state index in [1.807, 2.05) is 37.9 Å². The lowest BCUT2D eigenvalue weighted by molar-refractivity contribution is -0.116. The number of nitrogens with zero attached hydrogens (tertiary/aromatic N) is 3. The van der Waals surface area contributed by atoms with Crippen molar-refractivity contribution in [1.82, 2.24) is 4.31 Å². The van der Waals surface area contributed by atoms with Crippen LogP contribution in [0.15, 0.2) is 70.3 Å². The lowest BCUT2D eigenvalue weighted by Gasteiger charge is -2.35. The van der Waals surface area contributed by atoms with Gasteiger partial charge in [0.15, 0.2) is 0 Å². The maximum absolute atomic E-state index is 12.4. The van der Waals surface area contributed by atoms with Crippen LogP contribution < -0.4 is 9.80 Å². The van der Waals surface area contributed by atoms with Crippen LogP contribution in [0.3, 0.4) is 0 Å². The summed E-state index contributed by atoms with van der Waals surface area (Å²) < 4.78 is 16.2. The van der Waals surface area contributed by atoms with E-state index in [0.29, 0.717) is 11.4 Å². The molecule has 1 aliphatic heterocycles. The molecule has 1 aromatic heterocycles. The molecule has 8 heteroatoms. The lowest BCUT2D eigenvalue weighted by Crippen LogP contribution is -2.43. The Labute approximate surface area is 204 Å². The van der Waals surface area contributed by atoms with E-state index in [2.05, 4.69) is 26.7 Å². The minimum atomic E-state index is -0.296. The van der Waals surface area contributed by atoms with Gasteiger partial charge in [0.25, 0.3) is 0 Å². The van der Waals surface area contributed by atoms with E-state index in [-0.39, 0.29) is 11.7 Å². The maximum atomic E-state index is 12.4. The standard InChI is InChI=1S/C14H16N2OS2.C9H10FNO.C2H6/c17-13-5-3-12(4-6-13)15-7-9-16(10-8-15)19-14-2-1-11-18-14;1-7(12)11(2)9-5-3-8(10)4-6-9;1-2/h1-6,11,17H,7-10H2;3-6H,1-2H3;1-2H3. The Morgan fingerprint density at radius 3 is 2.12 bits per heavy atom. The average molecular weight is 490 g/mol. The maximum Gasteiger partial charge on any atom is 0.223 e. The van der Waals surface area contributed by atoms with Crippen LogP contribution >= 0.6 is 23.3 Å². The van der Waals surface area contributed by atoms with Crippen molar-refractivity contribution in [3.8, 4) is 5.75 Å². The van der Waals surface area contributed by atoms with Crippen molar-refractivity contribution in [2.45, 2.75) is 25.0 Å². The summed E-state index contributed by atoms with van der Waals surface area (Å²) in [5, 5.41) is 11.4. The van der Waals surface area contributed by atoms with Crippen LogP contribution in [0.4, 0.5) is 15.8 Å². The number of rotatable bonds is 4. The van der Waals surface area contributed by atoms with E-state index in [0.717, 1.165) is 26.2 Å². The number of amides is 1. The highest BCUT2D eigenvalue weighted by molar-refractivity contribution is 7.98. The Morgan fingerprint density at radius 2 is 1.61 bits per heavy atom. The van der Waals surface area contributed by atoms with E-state index in [9.17, 15) is 14.3 Å². The van der Waals surface area contributed by atoms with E-state index in [4.69, 9.17) is 0 Å². The molecular formula is C25H32FN3O2S2. The fourth-order valence-electron chi connectivity index (χ4n) is 2.99. The summed E-state index contributed by atoms with van der Waals surface area (Å²) in [6.45, 7) is 9.64. The van der Waals surface area contributed by atoms with Crippen molar-refractivity contribution in [2.24, 2.45) is 0 Å². The normalized spacial score (nSPS) is 13.3. The molecule has 0 unspecified atom stereocenters. The van der Waals surface area contributed by atoms with Crippen LogP contribution in [0.5, 0.6) is 5.75 Å². The molecule has 1 aliphatic rings. The van der Waals surface area contributed by atoms with Gasteiger partial charge in [0.1, 0.15) is 11.6 Å². The number of carbonyl (C=O) groups excluding carboxylic acids is 1. The van der Waals surface area contributed by atoms with Gasteiger partial charge < -0.3 is 14.9 Å². The molecule has 0 saturated carbocycles. The minimum absolute atomic E-state index is 0.0680. The molecule has 33 heavy (non-hydrogen) atoms. The van der Waals surface area contributed by atoms with Crippen LogP contribution in [0.25, 0.3) is 0 Å². The fourth-order valence-corrected chi connectivity index (χ4v) is 4.83. The van der Waals surface area contributed by atoms with E-state index >= 15 is 0 Å². The minimum Gasteiger partial charge on any atom is -0.508 e. The quantitative estimate of drug-likeness (QED) is 0.448. The Bertz CT molecular complexity index is 943. The first kappa shape index (κ1) is 26.7. The van der Waals surface area contributed by atoms with Crippen LogP contribution in [0.1, 0.15) is 20.8 Å². The molecule has 0 atom stereocenters. The zero-order valence-electron chi connectivity index (χ0n) is 19.6. The van der Waals surface area contributed by atoms with Crippen LogP contribution in [0.2, 0.25) is 0 Å². The van der Waals surface area contributed by atoms with Gasteiger partial charge in [-0.2, -0.15) is 0 Å². The fraction of sp³-hybridized carbons (Fsp3) is 0.320. The molecule has 0 radical (unpaired) electrons. The van der Waals surface area contributed by atoms with E-state index < -0.39 is 0 Å². The number of phenolic OH excluding ortho intramolecular Hbond substituents is 1. The molecular weight excluding hydrogens is 457 g/mol. The van der Waals surface area contributed by atoms with Gasteiger partial charge in [-0.15, -0.1) is 11.3 Å². The van der Waals surface area contributed by atoms with Crippen molar-refractivity contribution < 1.29 is 14.3 Å². The third-order valence-corrected chi connectivity index (χ3v) is 6.97. The zero-order chi connectivity index (χ0) is 24.2. The van der Waals surface area contributed by atoms with Gasteiger partial charge in [-0.3, -0.25) is 4.79 Å². The smallest absolute Gasteiger partial charge is 0.223 e. The average Bonchev–Trinajstić information content (AvgIpc) is 3.35. The highest BCUT2D eigenvalue weighted by atomic mass is 32.2. The Balaban J connectivity index is 0.000000238. The first-order valence-corrected chi connectivity index (χ1v) is 12.6. The number of phenols is 1. The molecule has 178 valence electrons. The van der Waals surface area contributed by atoms with Crippen molar-refractivity contribution >= 4 is 40.6 Å². The molecule has 0 spiro atoms. The van der Waals surface area contributed by atoms with Crippen molar-refractivity contribution in [3.05, 3.63) is 71.9 Å². The molecule has 0 aliphatic carbocycles. The molecule has 2 aromatic carbocycles. The number of halogens is 1. The second kappa shape index (κ2) is 13.9. The summed E-state index contributed by atoms with van der Waals surface area (Å²) in [5.41, 5.74) is 1.89. The second-order valence-electron chi connectivity index (χ2n) is 7.01. The molecule has 1 N–H and O–H groups in total. The number of hydrogen-bond donors (Lipinski definition) is 1. The molecule has 5 nitrogen and oxygen atoms in total. The van der Waals surface area contributed by atoms with Crippen molar-refractivity contribution in [3.63, 3.8) is 0 Å². The predicted molar refractivity (Wildman–Crippen MR) is 139 cm³/mol. The number of thiophene rings is 1. The summed E-state index contributed by atoms with van der Waals surface area (Å²) in [6, 6.07) is 17.5. The zero-order valence-corrected chi connectivity index (χ0v) is 21.2. The summed E-state index contributed by atoms with van der Waals surface area (Å²) >= 11 is 3.65. The second-order valence-corrected chi connectivity index (χ2v) is 9.36. The van der Waals surface area contributed by atoms with Crippen LogP contribution in [0, 0.1) is 5.82 Å². The molecule has 2 heterocycles. The Kier molecular flexibility index (Phi) is 11.2. The molecule has 1 fully saturated rings. The molecule has 1 amide bonds. The molecule has 0 bridgehead atoms.